The summed E-state index contributed by atoms with van der Waals surface area (Å²) in [6.07, 6.45) is 0. The Balaban J connectivity index is 2.93. The van der Waals surface area contributed by atoms with E-state index in [-0.39, 0.29) is 0 Å². The first-order chi connectivity index (χ1) is 5.26. The Kier molecular flexibility index (Phi) is 1.82. The highest BCUT2D eigenvalue weighted by Gasteiger charge is 2.59. The molecule has 0 unspecified atom stereocenters. The van der Waals surface area contributed by atoms with Crippen LogP contribution in [0.15, 0.2) is 0 Å². The molecule has 0 aliphatic carbocycles. The molecule has 2 amide bonds. The number of alkyl halides is 4. The molecule has 0 atom stereocenters. The lowest BCUT2D eigenvalue weighted by Gasteiger charge is -2.25. The number of imide groups is 1. The highest BCUT2D eigenvalue weighted by atomic mass is 32.2. The SMILES string of the molecule is O=C1NC(=O)C(F)(F)SC1(F)F. The van der Waals surface area contributed by atoms with E-state index >= 15 is 0 Å². The van der Waals surface area contributed by atoms with Crippen molar-refractivity contribution in [1.82, 2.24) is 5.32 Å². The van der Waals surface area contributed by atoms with Crippen LogP contribution in [0.1, 0.15) is 0 Å². The number of carbonyl (C=O) groups excluding carboxylic acids is 2. The van der Waals surface area contributed by atoms with Gasteiger partial charge in [0, 0.05) is 11.8 Å². The monoisotopic (exact) mass is 203 g/mol. The summed E-state index contributed by atoms with van der Waals surface area (Å²) >= 11 is -1.27. The fraction of sp³-hybridized carbons (Fsp3) is 0.500. The molecule has 1 aliphatic heterocycles. The minimum Gasteiger partial charge on any atom is -0.284 e. The van der Waals surface area contributed by atoms with Gasteiger partial charge in [-0.2, -0.15) is 17.6 Å². The third-order valence-corrected chi connectivity index (χ3v) is 1.90. The molecule has 3 nitrogen and oxygen atoms in total. The number of thioether (sulfide) groups is 1. The van der Waals surface area contributed by atoms with E-state index in [4.69, 9.17) is 0 Å². The Hall–Kier alpha value is -0.790. The van der Waals surface area contributed by atoms with Crippen LogP contribution in [0.3, 0.4) is 0 Å². The van der Waals surface area contributed by atoms with Gasteiger partial charge in [0.15, 0.2) is 0 Å². The second kappa shape index (κ2) is 2.35. The summed E-state index contributed by atoms with van der Waals surface area (Å²) in [7, 11) is 0. The van der Waals surface area contributed by atoms with Gasteiger partial charge in [-0.1, -0.05) is 0 Å². The van der Waals surface area contributed by atoms with Crippen LogP contribution in [0.5, 0.6) is 0 Å². The Labute approximate surface area is 67.5 Å². The van der Waals surface area contributed by atoms with Crippen molar-refractivity contribution in [2.75, 3.05) is 0 Å². The van der Waals surface area contributed by atoms with Gasteiger partial charge in [0.25, 0.3) is 0 Å². The van der Waals surface area contributed by atoms with E-state index < -0.39 is 34.1 Å². The maximum Gasteiger partial charge on any atom is 0.376 e. The zero-order valence-electron chi connectivity index (χ0n) is 5.24. The summed E-state index contributed by atoms with van der Waals surface area (Å²) in [5.41, 5.74) is 0. The van der Waals surface area contributed by atoms with Gasteiger partial charge in [-0.3, -0.25) is 14.9 Å². The maximum atomic E-state index is 12.2. The van der Waals surface area contributed by atoms with Crippen LogP contribution in [-0.4, -0.2) is 22.3 Å². The molecule has 12 heavy (non-hydrogen) atoms. The van der Waals surface area contributed by atoms with E-state index in [2.05, 4.69) is 0 Å². The van der Waals surface area contributed by atoms with E-state index in [0.717, 1.165) is 5.32 Å². The first-order valence-electron chi connectivity index (χ1n) is 2.57. The number of hydrogen-bond acceptors (Lipinski definition) is 3. The average Bonchev–Trinajstić information content (AvgIpc) is 1.82. The van der Waals surface area contributed by atoms with Crippen LogP contribution in [0.2, 0.25) is 0 Å². The minimum absolute atomic E-state index is 0.861. The summed E-state index contributed by atoms with van der Waals surface area (Å²) in [5.74, 6) is -4.02. The molecule has 0 aromatic heterocycles. The van der Waals surface area contributed by atoms with Crippen molar-refractivity contribution in [3.63, 3.8) is 0 Å². The molecule has 0 radical (unpaired) electrons. The van der Waals surface area contributed by atoms with Crippen molar-refractivity contribution >= 4 is 23.6 Å². The third kappa shape index (κ3) is 1.38. The van der Waals surface area contributed by atoms with Gasteiger partial charge in [-0.15, -0.1) is 0 Å². The summed E-state index contributed by atoms with van der Waals surface area (Å²) in [6.45, 7) is 0. The van der Waals surface area contributed by atoms with Gasteiger partial charge in [0.05, 0.1) is 0 Å². The van der Waals surface area contributed by atoms with Gasteiger partial charge < -0.3 is 0 Å². The zero-order valence-corrected chi connectivity index (χ0v) is 6.05. The summed E-state index contributed by atoms with van der Waals surface area (Å²) in [4.78, 5) is 20.4. The fourth-order valence-electron chi connectivity index (χ4n) is 0.502. The fourth-order valence-corrected chi connectivity index (χ4v) is 1.11. The van der Waals surface area contributed by atoms with Gasteiger partial charge in [-0.25, -0.2) is 0 Å². The van der Waals surface area contributed by atoms with Crippen LogP contribution in [0.4, 0.5) is 17.6 Å². The van der Waals surface area contributed by atoms with Gasteiger partial charge in [0.1, 0.15) is 0 Å². The number of rotatable bonds is 0. The summed E-state index contributed by atoms with van der Waals surface area (Å²) in [5, 5.41) is -7.64. The van der Waals surface area contributed by atoms with Crippen molar-refractivity contribution < 1.29 is 27.2 Å². The third-order valence-electron chi connectivity index (χ3n) is 1.01. The van der Waals surface area contributed by atoms with E-state index in [1.165, 1.54) is 0 Å². The number of hydrogen-bond donors (Lipinski definition) is 1. The number of halogens is 4. The standard InChI is InChI=1S/C4HF4NO2S/c5-3(6)1(10)9-2(11)4(7,8)12-3/h(H,9,10,11). The topological polar surface area (TPSA) is 46.2 Å². The maximum absolute atomic E-state index is 12.2. The van der Waals surface area contributed by atoms with Crippen LogP contribution in [-0.2, 0) is 9.59 Å². The number of carbonyl (C=O) groups is 2. The van der Waals surface area contributed by atoms with Crippen LogP contribution < -0.4 is 5.32 Å². The predicted octanol–water partition coefficient (Wildman–Crippen LogP) is 0.562. The van der Waals surface area contributed by atoms with E-state index in [1.54, 1.807) is 0 Å². The molecular weight excluding hydrogens is 202 g/mol. The molecule has 1 N–H and O–H groups in total. The smallest absolute Gasteiger partial charge is 0.284 e. The van der Waals surface area contributed by atoms with E-state index in [1.807, 2.05) is 0 Å². The van der Waals surface area contributed by atoms with E-state index in [9.17, 15) is 27.2 Å². The molecule has 1 saturated heterocycles. The molecule has 0 spiro atoms. The number of nitrogens with one attached hydrogen (secondary N) is 1. The predicted molar refractivity (Wildman–Crippen MR) is 30.6 cm³/mol. The lowest BCUT2D eigenvalue weighted by Crippen LogP contribution is -2.54. The van der Waals surface area contributed by atoms with E-state index in [0.29, 0.717) is 0 Å². The molecule has 0 saturated carbocycles. The normalized spacial score (nSPS) is 26.7. The lowest BCUT2D eigenvalue weighted by molar-refractivity contribution is -0.150. The Bertz CT molecular complexity index is 229. The minimum atomic E-state index is -4.25. The second-order valence-corrected chi connectivity index (χ2v) is 3.15. The highest BCUT2D eigenvalue weighted by Crippen LogP contribution is 2.44. The quantitative estimate of drug-likeness (QED) is 0.462. The Morgan fingerprint density at radius 2 is 1.33 bits per heavy atom. The molecule has 0 aromatic rings. The molecular formula is C4HF4NO2S. The second-order valence-electron chi connectivity index (χ2n) is 1.92. The highest BCUT2D eigenvalue weighted by molar-refractivity contribution is 8.02. The van der Waals surface area contributed by atoms with Crippen molar-refractivity contribution in [2.24, 2.45) is 0 Å². The lowest BCUT2D eigenvalue weighted by atomic mass is 10.5. The average molecular weight is 203 g/mol. The first-order valence-corrected chi connectivity index (χ1v) is 3.39. The zero-order chi connectivity index (χ0) is 9.57. The van der Waals surface area contributed by atoms with Crippen molar-refractivity contribution in [3.8, 4) is 0 Å². The van der Waals surface area contributed by atoms with Crippen molar-refractivity contribution in [1.29, 1.82) is 0 Å². The van der Waals surface area contributed by atoms with Gasteiger partial charge in [0.2, 0.25) is 0 Å². The molecule has 0 bridgehead atoms. The van der Waals surface area contributed by atoms with Crippen LogP contribution in [0, 0.1) is 0 Å². The molecule has 1 fully saturated rings. The molecule has 1 aliphatic rings. The number of amides is 2. The van der Waals surface area contributed by atoms with Crippen LogP contribution >= 0.6 is 11.8 Å². The Morgan fingerprint density at radius 3 is 1.58 bits per heavy atom. The molecule has 8 heteroatoms. The molecule has 0 aromatic carbocycles. The summed E-state index contributed by atoms with van der Waals surface area (Å²) in [6, 6.07) is 0. The molecule has 1 rings (SSSR count). The van der Waals surface area contributed by atoms with Crippen molar-refractivity contribution in [2.45, 2.75) is 10.5 Å². The van der Waals surface area contributed by atoms with Crippen LogP contribution in [0.25, 0.3) is 0 Å². The first kappa shape index (κ1) is 9.30. The molecule has 1 heterocycles. The summed E-state index contributed by atoms with van der Waals surface area (Å²) < 4.78 is 48.7. The Morgan fingerprint density at radius 1 is 1.00 bits per heavy atom. The largest absolute Gasteiger partial charge is 0.376 e. The van der Waals surface area contributed by atoms with Crippen molar-refractivity contribution in [3.05, 3.63) is 0 Å². The van der Waals surface area contributed by atoms with Gasteiger partial charge >= 0.3 is 22.3 Å². The molecule has 68 valence electrons. The van der Waals surface area contributed by atoms with Gasteiger partial charge in [-0.05, 0) is 0 Å².